The number of benzene rings is 3. The van der Waals surface area contributed by atoms with Crippen molar-refractivity contribution in [3.8, 4) is 22.6 Å². The molecule has 3 aromatic heterocycles. The van der Waals surface area contributed by atoms with Gasteiger partial charge in [-0.15, -0.1) is 11.3 Å². The average molecular weight is 632 g/mol. The van der Waals surface area contributed by atoms with Gasteiger partial charge in [-0.2, -0.15) is 0 Å². The lowest BCUT2D eigenvalue weighted by molar-refractivity contribution is -0.115. The van der Waals surface area contributed by atoms with Crippen LogP contribution in [-0.2, 0) is 16.0 Å². The smallest absolute Gasteiger partial charge is 0.251 e. The molecule has 3 N–H and O–H groups in total. The zero-order valence-electron chi connectivity index (χ0n) is 25.4. The van der Waals surface area contributed by atoms with Crippen LogP contribution in [0.4, 0.5) is 17.3 Å². The van der Waals surface area contributed by atoms with E-state index in [2.05, 4.69) is 20.9 Å². The van der Waals surface area contributed by atoms with E-state index in [0.29, 0.717) is 41.7 Å². The Morgan fingerprint density at radius 2 is 1.76 bits per heavy atom. The van der Waals surface area contributed by atoms with E-state index >= 15 is 0 Å². The van der Waals surface area contributed by atoms with Gasteiger partial charge in [0.2, 0.25) is 11.9 Å². The van der Waals surface area contributed by atoms with Crippen molar-refractivity contribution in [3.63, 3.8) is 0 Å². The van der Waals surface area contributed by atoms with Crippen LogP contribution in [0.25, 0.3) is 27.6 Å². The minimum absolute atomic E-state index is 0.0948. The molecule has 0 spiro atoms. The molecule has 11 heteroatoms. The third kappa shape index (κ3) is 7.45. The van der Waals surface area contributed by atoms with Crippen LogP contribution in [0, 0.1) is 0 Å². The normalized spacial score (nSPS) is 11.1. The Morgan fingerprint density at radius 1 is 0.935 bits per heavy atom. The highest BCUT2D eigenvalue weighted by molar-refractivity contribution is 7.15. The summed E-state index contributed by atoms with van der Waals surface area (Å²) in [6.45, 7) is 4.78. The van der Waals surface area contributed by atoms with Gasteiger partial charge in [-0.1, -0.05) is 48.5 Å². The van der Waals surface area contributed by atoms with Crippen molar-refractivity contribution in [2.24, 2.45) is 0 Å². The van der Waals surface area contributed by atoms with Crippen molar-refractivity contribution >= 4 is 45.4 Å². The van der Waals surface area contributed by atoms with Crippen LogP contribution in [0.1, 0.15) is 29.8 Å². The van der Waals surface area contributed by atoms with Crippen LogP contribution < -0.4 is 16.0 Å². The van der Waals surface area contributed by atoms with Crippen LogP contribution in [0.5, 0.6) is 0 Å². The largest absolute Gasteiger partial charge is 0.377 e. The van der Waals surface area contributed by atoms with Gasteiger partial charge >= 0.3 is 0 Å². The maximum Gasteiger partial charge on any atom is 0.251 e. The minimum atomic E-state index is -0.187. The summed E-state index contributed by atoms with van der Waals surface area (Å²) in [5.41, 5.74) is 5.85. The first-order valence-corrected chi connectivity index (χ1v) is 15.8. The highest BCUT2D eigenvalue weighted by Gasteiger charge is 2.19. The van der Waals surface area contributed by atoms with Gasteiger partial charge in [0.15, 0.2) is 4.96 Å². The van der Waals surface area contributed by atoms with Gasteiger partial charge in [-0.25, -0.2) is 15.0 Å². The first kappa shape index (κ1) is 30.6. The number of hydrogen-bond donors (Lipinski definition) is 3. The van der Waals surface area contributed by atoms with Gasteiger partial charge in [0.05, 0.1) is 30.5 Å². The molecule has 0 aliphatic heterocycles. The number of carbonyl (C=O) groups is 2. The Bertz CT molecular complexity index is 1970. The van der Waals surface area contributed by atoms with Gasteiger partial charge in [0, 0.05) is 46.8 Å². The molecule has 0 atom stereocenters. The number of imidazole rings is 1. The van der Waals surface area contributed by atoms with E-state index in [-0.39, 0.29) is 24.3 Å². The Balaban J connectivity index is 1.22. The molecule has 46 heavy (non-hydrogen) atoms. The van der Waals surface area contributed by atoms with Crippen molar-refractivity contribution < 1.29 is 14.3 Å². The van der Waals surface area contributed by atoms with E-state index in [1.807, 2.05) is 96.6 Å². The Hall–Kier alpha value is -5.39. The molecular weight excluding hydrogens is 598 g/mol. The predicted octanol–water partition coefficient (Wildman–Crippen LogP) is 6.60. The number of ether oxygens (including phenoxy) is 1. The highest BCUT2D eigenvalue weighted by Crippen LogP contribution is 2.35. The second kappa shape index (κ2) is 14.1. The molecule has 0 saturated heterocycles. The van der Waals surface area contributed by atoms with Gasteiger partial charge < -0.3 is 20.7 Å². The number of carbonyl (C=O) groups excluding carboxylic acids is 2. The number of thiazole rings is 1. The maximum atomic E-state index is 12.8. The molecule has 6 aromatic rings. The molecule has 0 saturated carbocycles. The van der Waals surface area contributed by atoms with Gasteiger partial charge in [0.25, 0.3) is 5.91 Å². The van der Waals surface area contributed by atoms with Crippen molar-refractivity contribution in [1.82, 2.24) is 24.7 Å². The molecule has 0 fully saturated rings. The molecule has 6 rings (SSSR count). The molecule has 2 amide bonds. The van der Waals surface area contributed by atoms with Gasteiger partial charge in [-0.05, 0) is 55.8 Å². The number of hydrogen-bond acceptors (Lipinski definition) is 8. The number of aromatic nitrogens is 4. The number of nitrogens with zero attached hydrogens (tertiary/aromatic N) is 4. The summed E-state index contributed by atoms with van der Waals surface area (Å²) in [6, 6.07) is 26.3. The van der Waals surface area contributed by atoms with E-state index in [0.717, 1.165) is 27.5 Å². The maximum absolute atomic E-state index is 12.8. The first-order valence-electron chi connectivity index (χ1n) is 14.9. The molecule has 0 aliphatic carbocycles. The monoisotopic (exact) mass is 631 g/mol. The van der Waals surface area contributed by atoms with E-state index in [9.17, 15) is 9.59 Å². The fourth-order valence-electron chi connectivity index (χ4n) is 4.94. The van der Waals surface area contributed by atoms with Crippen LogP contribution >= 0.6 is 11.3 Å². The van der Waals surface area contributed by atoms with Crippen LogP contribution in [-0.4, -0.2) is 50.4 Å². The van der Waals surface area contributed by atoms with Crippen molar-refractivity contribution in [2.45, 2.75) is 26.4 Å². The van der Waals surface area contributed by atoms with Crippen LogP contribution in [0.15, 0.2) is 103 Å². The third-order valence-electron chi connectivity index (χ3n) is 7.01. The van der Waals surface area contributed by atoms with Gasteiger partial charge in [-0.3, -0.25) is 14.0 Å². The summed E-state index contributed by atoms with van der Waals surface area (Å²) in [5, 5.41) is 11.1. The van der Waals surface area contributed by atoms with E-state index in [4.69, 9.17) is 14.7 Å². The summed E-state index contributed by atoms with van der Waals surface area (Å²) >= 11 is 1.52. The molecule has 3 heterocycles. The molecule has 0 aliphatic rings. The van der Waals surface area contributed by atoms with Gasteiger partial charge in [0.1, 0.15) is 5.69 Å². The van der Waals surface area contributed by atoms with Crippen molar-refractivity contribution in [1.29, 1.82) is 0 Å². The summed E-state index contributed by atoms with van der Waals surface area (Å²) in [6.07, 6.45) is 4.04. The summed E-state index contributed by atoms with van der Waals surface area (Å²) in [5.74, 6) is 0.0916. The van der Waals surface area contributed by atoms with Crippen LogP contribution in [0.2, 0.25) is 0 Å². The lowest BCUT2D eigenvalue weighted by Gasteiger charge is -2.11. The Kier molecular flexibility index (Phi) is 9.42. The minimum Gasteiger partial charge on any atom is -0.377 e. The molecule has 0 bridgehead atoms. The highest BCUT2D eigenvalue weighted by atomic mass is 32.1. The number of rotatable bonds is 12. The van der Waals surface area contributed by atoms with E-state index in [1.54, 1.807) is 24.4 Å². The Labute approximate surface area is 270 Å². The van der Waals surface area contributed by atoms with E-state index < -0.39 is 0 Å². The van der Waals surface area contributed by atoms with E-state index in [1.165, 1.54) is 11.3 Å². The molecule has 0 radical (unpaired) electrons. The molecule has 10 nitrogen and oxygen atoms in total. The Morgan fingerprint density at radius 3 is 2.61 bits per heavy atom. The fourth-order valence-corrected chi connectivity index (χ4v) is 5.66. The molecule has 3 aromatic carbocycles. The quantitative estimate of drug-likeness (QED) is 0.130. The molecule has 0 unspecified atom stereocenters. The third-order valence-corrected chi connectivity index (χ3v) is 7.76. The fraction of sp³-hybridized carbons (Fsp3) is 0.171. The van der Waals surface area contributed by atoms with Crippen molar-refractivity contribution in [3.05, 3.63) is 114 Å². The average Bonchev–Trinajstić information content (AvgIpc) is 3.66. The molecule has 232 valence electrons. The zero-order valence-corrected chi connectivity index (χ0v) is 26.3. The summed E-state index contributed by atoms with van der Waals surface area (Å²) in [7, 11) is 0. The molecular formula is C35H33N7O3S. The van der Waals surface area contributed by atoms with Crippen molar-refractivity contribution in [2.75, 3.05) is 23.8 Å². The summed E-state index contributed by atoms with van der Waals surface area (Å²) in [4.78, 5) is 40.5. The first-order chi connectivity index (χ1) is 22.4. The number of anilines is 3. The zero-order chi connectivity index (χ0) is 31.9. The lowest BCUT2D eigenvalue weighted by atomic mass is 10.1. The SMILES string of the molecule is CC(C)OCCNC(=O)c1cccc(Nc2nccc(-c3c(-c4cccc(NC(=O)Cc5ccccc5)c4)nc4sccn34)n2)c1. The number of nitrogens with one attached hydrogen (secondary N) is 3. The number of amides is 2. The second-order valence-electron chi connectivity index (χ2n) is 10.8. The predicted molar refractivity (Wildman–Crippen MR) is 181 cm³/mol. The topological polar surface area (TPSA) is 123 Å². The lowest BCUT2D eigenvalue weighted by Crippen LogP contribution is -2.28. The standard InChI is InChI=1S/C35H33N7O3S/c1-23(2)45-18-16-36-33(44)26-11-7-13-28(22-26)39-34-37-15-14-29(40-34)32-31(41-35-42(32)17-19-46-35)25-10-6-12-27(21-25)38-30(43)20-24-8-4-3-5-9-24/h3-15,17,19,21-23H,16,18,20H2,1-2H3,(H,36,44)(H,38,43)(H,37,39,40). The second-order valence-corrected chi connectivity index (χ2v) is 11.7. The summed E-state index contributed by atoms with van der Waals surface area (Å²) < 4.78 is 7.51. The van der Waals surface area contributed by atoms with Crippen LogP contribution in [0.3, 0.4) is 0 Å². The number of fused-ring (bicyclic) bond motifs is 1.